The molecule has 142 valence electrons. The van der Waals surface area contributed by atoms with Crippen LogP contribution in [-0.4, -0.2) is 59.8 Å². The average Bonchev–Trinajstić information content (AvgIpc) is 2.65. The highest BCUT2D eigenvalue weighted by Gasteiger charge is 2.26. The van der Waals surface area contributed by atoms with Crippen molar-refractivity contribution in [2.75, 3.05) is 38.2 Å². The third kappa shape index (κ3) is 4.52. The van der Waals surface area contributed by atoms with E-state index in [9.17, 15) is 9.59 Å². The van der Waals surface area contributed by atoms with Crippen LogP contribution < -0.4 is 10.5 Å². The summed E-state index contributed by atoms with van der Waals surface area (Å²) >= 11 is 0. The van der Waals surface area contributed by atoms with E-state index in [0.717, 1.165) is 12.8 Å². The predicted octanol–water partition coefficient (Wildman–Crippen LogP) is 1.33. The molecule has 0 unspecified atom stereocenters. The second-order valence-corrected chi connectivity index (χ2v) is 7.16. The van der Waals surface area contributed by atoms with Gasteiger partial charge in [0, 0.05) is 52.5 Å². The molecule has 2 heterocycles. The van der Waals surface area contributed by atoms with Gasteiger partial charge in [-0.1, -0.05) is 11.6 Å². The molecule has 1 amide bonds. The Kier molecular flexibility index (Phi) is 6.08. The molecule has 1 aliphatic carbocycles. The molecular formula is C19H28N4O3. The lowest BCUT2D eigenvalue weighted by molar-refractivity contribution is -0.137. The van der Waals surface area contributed by atoms with Crippen LogP contribution in [0.2, 0.25) is 0 Å². The lowest BCUT2D eigenvalue weighted by atomic mass is 9.97. The molecule has 3 rings (SSSR count). The molecule has 7 heteroatoms. The number of carbonyl (C=O) groups excluding carboxylic acids is 1. The largest absolute Gasteiger partial charge is 0.373 e. The van der Waals surface area contributed by atoms with Gasteiger partial charge in [0.1, 0.15) is 0 Å². The maximum atomic E-state index is 12.6. The fraction of sp³-hybridized carbons (Fsp3) is 0.632. The van der Waals surface area contributed by atoms with Gasteiger partial charge in [-0.2, -0.15) is 0 Å². The zero-order chi connectivity index (χ0) is 18.5. The summed E-state index contributed by atoms with van der Waals surface area (Å²) in [5.74, 6) is 0.581. The Hall–Kier alpha value is -2.15. The van der Waals surface area contributed by atoms with Crippen LogP contribution in [0.25, 0.3) is 0 Å². The Labute approximate surface area is 154 Å². The number of carbonyl (C=O) groups is 1. The molecule has 26 heavy (non-hydrogen) atoms. The molecule has 0 saturated carbocycles. The fourth-order valence-electron chi connectivity index (χ4n) is 3.57. The van der Waals surface area contributed by atoms with Crippen LogP contribution in [0.5, 0.6) is 0 Å². The predicted molar refractivity (Wildman–Crippen MR) is 100 cm³/mol. The highest BCUT2D eigenvalue weighted by Crippen LogP contribution is 2.21. The van der Waals surface area contributed by atoms with E-state index < -0.39 is 0 Å². The molecule has 0 N–H and O–H groups in total. The van der Waals surface area contributed by atoms with Crippen molar-refractivity contribution in [3.05, 3.63) is 34.4 Å². The zero-order valence-corrected chi connectivity index (χ0v) is 15.7. The number of allylic oxidation sites excluding steroid dienone is 1. The fourth-order valence-corrected chi connectivity index (χ4v) is 3.57. The minimum absolute atomic E-state index is 0.121. The first-order chi connectivity index (χ1) is 12.5. The van der Waals surface area contributed by atoms with Crippen molar-refractivity contribution in [2.45, 2.75) is 38.2 Å². The van der Waals surface area contributed by atoms with Gasteiger partial charge in [-0.15, -0.1) is 0 Å². The van der Waals surface area contributed by atoms with E-state index in [1.165, 1.54) is 23.0 Å². The number of amides is 1. The van der Waals surface area contributed by atoms with Gasteiger partial charge in [-0.25, -0.2) is 4.98 Å². The minimum Gasteiger partial charge on any atom is -0.373 e. The number of aromatic nitrogens is 2. The van der Waals surface area contributed by atoms with Crippen LogP contribution in [0.1, 0.15) is 32.1 Å². The molecule has 1 fully saturated rings. The van der Waals surface area contributed by atoms with Crippen molar-refractivity contribution in [3.63, 3.8) is 0 Å². The van der Waals surface area contributed by atoms with Crippen LogP contribution >= 0.6 is 0 Å². The van der Waals surface area contributed by atoms with Gasteiger partial charge in [-0.3, -0.25) is 9.59 Å². The summed E-state index contributed by atoms with van der Waals surface area (Å²) in [6.07, 6.45) is 10.5. The zero-order valence-electron chi connectivity index (χ0n) is 15.7. The SMILES string of the molecule is CN(C[C@H]1CN(C(=O)CC2=CCCCC2)CCO1)c1nccn(C)c1=O. The molecule has 0 radical (unpaired) electrons. The maximum absolute atomic E-state index is 12.6. The summed E-state index contributed by atoms with van der Waals surface area (Å²) < 4.78 is 7.33. The van der Waals surface area contributed by atoms with E-state index >= 15 is 0 Å². The van der Waals surface area contributed by atoms with Gasteiger partial charge in [0.15, 0.2) is 5.82 Å². The van der Waals surface area contributed by atoms with E-state index in [2.05, 4.69) is 11.1 Å². The first kappa shape index (κ1) is 18.6. The highest BCUT2D eigenvalue weighted by atomic mass is 16.5. The maximum Gasteiger partial charge on any atom is 0.293 e. The Morgan fingerprint density at radius 2 is 2.27 bits per heavy atom. The van der Waals surface area contributed by atoms with Crippen molar-refractivity contribution >= 4 is 11.7 Å². The van der Waals surface area contributed by atoms with E-state index in [-0.39, 0.29) is 17.6 Å². The normalized spacial score (nSPS) is 20.6. The number of ether oxygens (including phenoxy) is 1. The summed E-state index contributed by atoms with van der Waals surface area (Å²) in [5, 5.41) is 0. The van der Waals surface area contributed by atoms with Gasteiger partial charge in [0.25, 0.3) is 5.56 Å². The van der Waals surface area contributed by atoms with Gasteiger partial charge >= 0.3 is 0 Å². The van der Waals surface area contributed by atoms with Crippen LogP contribution in [-0.2, 0) is 16.6 Å². The van der Waals surface area contributed by atoms with Crippen LogP contribution in [0, 0.1) is 0 Å². The summed E-state index contributed by atoms with van der Waals surface area (Å²) in [6, 6.07) is 0. The van der Waals surface area contributed by atoms with Gasteiger partial charge in [0.2, 0.25) is 5.91 Å². The number of anilines is 1. The van der Waals surface area contributed by atoms with Gasteiger partial charge in [0.05, 0.1) is 12.7 Å². The lowest BCUT2D eigenvalue weighted by Crippen LogP contribution is -2.50. The molecule has 7 nitrogen and oxygen atoms in total. The third-order valence-corrected chi connectivity index (χ3v) is 5.09. The van der Waals surface area contributed by atoms with E-state index in [1.54, 1.807) is 19.4 Å². The number of morpholine rings is 1. The van der Waals surface area contributed by atoms with Crippen molar-refractivity contribution in [1.29, 1.82) is 0 Å². The lowest BCUT2D eigenvalue weighted by Gasteiger charge is -2.35. The van der Waals surface area contributed by atoms with Crippen molar-refractivity contribution in [1.82, 2.24) is 14.5 Å². The van der Waals surface area contributed by atoms with E-state index in [0.29, 0.717) is 38.5 Å². The quantitative estimate of drug-likeness (QED) is 0.741. The number of hydrogen-bond donors (Lipinski definition) is 0. The molecular weight excluding hydrogens is 332 g/mol. The number of aryl methyl sites for hydroxylation is 1. The average molecular weight is 360 g/mol. The van der Waals surface area contributed by atoms with Gasteiger partial charge < -0.3 is 19.1 Å². The summed E-state index contributed by atoms with van der Waals surface area (Å²) in [4.78, 5) is 32.7. The molecule has 1 aromatic heterocycles. The molecule has 1 aromatic rings. The number of nitrogens with zero attached hydrogens (tertiary/aromatic N) is 4. The highest BCUT2D eigenvalue weighted by molar-refractivity contribution is 5.78. The standard InChI is InChI=1S/C19H28N4O3/c1-21-9-8-20-18(19(21)25)22(2)13-16-14-23(10-11-26-16)17(24)12-15-6-4-3-5-7-15/h6,8-9,16H,3-5,7,10-14H2,1-2H3/t16-/m0/s1. The van der Waals surface area contributed by atoms with Gasteiger partial charge in [-0.05, 0) is 25.7 Å². The smallest absolute Gasteiger partial charge is 0.293 e. The molecule has 1 saturated heterocycles. The number of likely N-dealkylation sites (N-methyl/N-ethyl adjacent to an activating group) is 1. The Balaban J connectivity index is 1.57. The Bertz CT molecular complexity index is 728. The Morgan fingerprint density at radius 3 is 3.04 bits per heavy atom. The minimum atomic E-state index is -0.136. The molecule has 1 aliphatic heterocycles. The summed E-state index contributed by atoms with van der Waals surface area (Å²) in [5.41, 5.74) is 1.14. The number of hydrogen-bond acceptors (Lipinski definition) is 5. The molecule has 0 spiro atoms. The van der Waals surface area contributed by atoms with E-state index in [1.807, 2.05) is 16.8 Å². The molecule has 0 aromatic carbocycles. The summed E-state index contributed by atoms with van der Waals surface area (Å²) in [6.45, 7) is 2.25. The number of rotatable bonds is 5. The van der Waals surface area contributed by atoms with Crippen molar-refractivity contribution in [3.8, 4) is 0 Å². The van der Waals surface area contributed by atoms with Crippen molar-refractivity contribution in [2.24, 2.45) is 7.05 Å². The topological polar surface area (TPSA) is 67.7 Å². The molecule has 0 bridgehead atoms. The van der Waals surface area contributed by atoms with E-state index in [4.69, 9.17) is 4.74 Å². The third-order valence-electron chi connectivity index (χ3n) is 5.09. The molecule has 1 atom stereocenters. The van der Waals surface area contributed by atoms with Crippen LogP contribution in [0.4, 0.5) is 5.82 Å². The van der Waals surface area contributed by atoms with Crippen molar-refractivity contribution < 1.29 is 9.53 Å². The molecule has 2 aliphatic rings. The van der Waals surface area contributed by atoms with Crippen LogP contribution in [0.15, 0.2) is 28.8 Å². The van der Waals surface area contributed by atoms with Crippen LogP contribution in [0.3, 0.4) is 0 Å². The monoisotopic (exact) mass is 360 g/mol. The second kappa shape index (κ2) is 8.49. The Morgan fingerprint density at radius 1 is 1.42 bits per heavy atom. The first-order valence-electron chi connectivity index (χ1n) is 9.34. The summed E-state index contributed by atoms with van der Waals surface area (Å²) in [7, 11) is 3.54. The second-order valence-electron chi connectivity index (χ2n) is 7.16. The first-order valence-corrected chi connectivity index (χ1v) is 9.34.